The number of hydrogen-bond donors (Lipinski definition) is 2. The molecule has 0 aliphatic heterocycles. The van der Waals surface area contributed by atoms with E-state index in [1.54, 1.807) is 18.2 Å². The van der Waals surface area contributed by atoms with Crippen molar-refractivity contribution in [2.45, 2.75) is 50.9 Å². The predicted octanol–water partition coefficient (Wildman–Crippen LogP) is 2.90. The number of halogens is 1. The fraction of sp³-hybridized carbons (Fsp3) is 0.571. The lowest BCUT2D eigenvalue weighted by atomic mass is 10.1. The highest BCUT2D eigenvalue weighted by Crippen LogP contribution is 2.27. The first-order valence-corrected chi connectivity index (χ1v) is 6.82. The summed E-state index contributed by atoms with van der Waals surface area (Å²) in [5, 5.41) is 19.9. The lowest BCUT2D eigenvalue weighted by molar-refractivity contribution is 0.0307. The molecule has 0 bridgehead atoms. The van der Waals surface area contributed by atoms with Crippen LogP contribution < -0.4 is 4.74 Å². The average Bonchev–Trinajstić information content (AvgIpc) is 2.57. The van der Waals surface area contributed by atoms with Crippen molar-refractivity contribution in [3.63, 3.8) is 0 Å². The van der Waals surface area contributed by atoms with E-state index >= 15 is 0 Å². The Morgan fingerprint density at radius 1 is 1.22 bits per heavy atom. The van der Waals surface area contributed by atoms with Crippen LogP contribution in [-0.4, -0.2) is 22.4 Å². The van der Waals surface area contributed by atoms with Gasteiger partial charge in [0.15, 0.2) is 0 Å². The molecule has 1 fully saturated rings. The summed E-state index contributed by atoms with van der Waals surface area (Å²) in [6, 6.07) is 5.19. The summed E-state index contributed by atoms with van der Waals surface area (Å²) in [6.07, 6.45) is 4.30. The van der Waals surface area contributed by atoms with Gasteiger partial charge < -0.3 is 14.9 Å². The molecular formula is C14H19ClO3. The van der Waals surface area contributed by atoms with Crippen molar-refractivity contribution in [3.8, 4) is 5.75 Å². The molecule has 1 aromatic rings. The zero-order valence-corrected chi connectivity index (χ0v) is 11.1. The van der Waals surface area contributed by atoms with Crippen LogP contribution in [0.2, 0.25) is 5.02 Å². The van der Waals surface area contributed by atoms with E-state index in [0.29, 0.717) is 16.3 Å². The van der Waals surface area contributed by atoms with Gasteiger partial charge in [0.2, 0.25) is 0 Å². The van der Waals surface area contributed by atoms with Crippen molar-refractivity contribution in [2.24, 2.45) is 0 Å². The maximum atomic E-state index is 10.0. The second-order valence-corrected chi connectivity index (χ2v) is 5.21. The van der Waals surface area contributed by atoms with E-state index in [1.807, 2.05) is 0 Å². The topological polar surface area (TPSA) is 49.7 Å². The summed E-state index contributed by atoms with van der Waals surface area (Å²) in [6.45, 7) is -0.112. The monoisotopic (exact) mass is 270 g/mol. The third-order valence-electron chi connectivity index (χ3n) is 3.39. The number of benzene rings is 1. The molecule has 2 unspecified atom stereocenters. The second-order valence-electron chi connectivity index (χ2n) is 4.77. The van der Waals surface area contributed by atoms with Crippen LogP contribution in [0.15, 0.2) is 18.2 Å². The van der Waals surface area contributed by atoms with Crippen LogP contribution in [0.4, 0.5) is 0 Å². The van der Waals surface area contributed by atoms with Crippen LogP contribution in [0.5, 0.6) is 5.75 Å². The lowest BCUT2D eigenvalue weighted by Gasteiger charge is -2.23. The zero-order chi connectivity index (χ0) is 13.0. The van der Waals surface area contributed by atoms with Crippen molar-refractivity contribution in [1.29, 1.82) is 0 Å². The fourth-order valence-electron chi connectivity index (χ4n) is 2.34. The number of aliphatic hydroxyl groups excluding tert-OH is 2. The molecule has 18 heavy (non-hydrogen) atoms. The Labute approximate surface area is 112 Å². The Morgan fingerprint density at radius 3 is 2.78 bits per heavy atom. The Morgan fingerprint density at radius 2 is 2.00 bits per heavy atom. The summed E-state index contributed by atoms with van der Waals surface area (Å²) in [7, 11) is 0. The SMILES string of the molecule is OCc1cc(Cl)ccc1OC1CCCCCC1O. The van der Waals surface area contributed by atoms with Gasteiger partial charge in [-0.05, 0) is 37.5 Å². The molecule has 4 heteroatoms. The molecule has 3 nitrogen and oxygen atoms in total. The van der Waals surface area contributed by atoms with E-state index in [-0.39, 0.29) is 12.7 Å². The van der Waals surface area contributed by atoms with E-state index in [1.165, 1.54) is 0 Å². The van der Waals surface area contributed by atoms with Gasteiger partial charge in [-0.25, -0.2) is 0 Å². The molecule has 1 aliphatic rings. The Bertz CT molecular complexity index is 395. The summed E-state index contributed by atoms with van der Waals surface area (Å²) in [4.78, 5) is 0. The van der Waals surface area contributed by atoms with Gasteiger partial charge in [0.25, 0.3) is 0 Å². The van der Waals surface area contributed by atoms with Gasteiger partial charge >= 0.3 is 0 Å². The molecule has 100 valence electrons. The lowest BCUT2D eigenvalue weighted by Crippen LogP contribution is -2.30. The van der Waals surface area contributed by atoms with Gasteiger partial charge in [0.05, 0.1) is 12.7 Å². The molecule has 0 aromatic heterocycles. The van der Waals surface area contributed by atoms with E-state index in [9.17, 15) is 10.2 Å². The molecule has 1 saturated carbocycles. The maximum absolute atomic E-state index is 10.0. The summed E-state index contributed by atoms with van der Waals surface area (Å²) < 4.78 is 5.86. The highest BCUT2D eigenvalue weighted by atomic mass is 35.5. The second kappa shape index (κ2) is 6.41. The smallest absolute Gasteiger partial charge is 0.125 e. The Kier molecular flexibility index (Phi) is 4.87. The number of aliphatic hydroxyl groups is 2. The number of ether oxygens (including phenoxy) is 1. The highest BCUT2D eigenvalue weighted by Gasteiger charge is 2.23. The molecule has 1 aliphatic carbocycles. The van der Waals surface area contributed by atoms with Crippen LogP contribution in [-0.2, 0) is 6.61 Å². The van der Waals surface area contributed by atoms with Crippen LogP contribution in [0.3, 0.4) is 0 Å². The first-order chi connectivity index (χ1) is 8.70. The Balaban J connectivity index is 2.12. The molecule has 0 amide bonds. The quantitative estimate of drug-likeness (QED) is 0.831. The minimum Gasteiger partial charge on any atom is -0.487 e. The molecule has 0 spiro atoms. The molecule has 2 N–H and O–H groups in total. The first-order valence-electron chi connectivity index (χ1n) is 6.44. The third-order valence-corrected chi connectivity index (χ3v) is 3.62. The number of hydrogen-bond acceptors (Lipinski definition) is 3. The van der Waals surface area contributed by atoms with Gasteiger partial charge in [-0.3, -0.25) is 0 Å². The first kappa shape index (κ1) is 13.7. The molecule has 2 atom stereocenters. The van der Waals surface area contributed by atoms with Gasteiger partial charge in [0.1, 0.15) is 11.9 Å². The van der Waals surface area contributed by atoms with Crippen LogP contribution in [0, 0.1) is 0 Å². The number of rotatable bonds is 3. The minimum atomic E-state index is -0.422. The minimum absolute atomic E-state index is 0.112. The van der Waals surface area contributed by atoms with Crippen LogP contribution in [0.1, 0.15) is 37.7 Å². The van der Waals surface area contributed by atoms with E-state index < -0.39 is 6.10 Å². The molecule has 2 rings (SSSR count). The van der Waals surface area contributed by atoms with E-state index in [2.05, 4.69) is 0 Å². The van der Waals surface area contributed by atoms with Crippen LogP contribution in [0.25, 0.3) is 0 Å². The van der Waals surface area contributed by atoms with Gasteiger partial charge in [0, 0.05) is 10.6 Å². The van der Waals surface area contributed by atoms with Crippen molar-refractivity contribution in [1.82, 2.24) is 0 Å². The maximum Gasteiger partial charge on any atom is 0.125 e. The van der Waals surface area contributed by atoms with Crippen molar-refractivity contribution in [3.05, 3.63) is 28.8 Å². The molecule has 0 heterocycles. The molecule has 0 radical (unpaired) electrons. The van der Waals surface area contributed by atoms with Crippen molar-refractivity contribution >= 4 is 11.6 Å². The predicted molar refractivity (Wildman–Crippen MR) is 70.9 cm³/mol. The molecule has 1 aromatic carbocycles. The Hall–Kier alpha value is -0.770. The van der Waals surface area contributed by atoms with Gasteiger partial charge in [-0.15, -0.1) is 0 Å². The van der Waals surface area contributed by atoms with E-state index in [4.69, 9.17) is 16.3 Å². The standard InChI is InChI=1S/C14H19ClO3/c15-11-6-7-13(10(8-11)9-16)18-14-5-3-1-2-4-12(14)17/h6-8,12,14,16-17H,1-5,9H2. The van der Waals surface area contributed by atoms with Crippen LogP contribution >= 0.6 is 11.6 Å². The average molecular weight is 271 g/mol. The summed E-state index contributed by atoms with van der Waals surface area (Å²) >= 11 is 5.88. The van der Waals surface area contributed by atoms with Crippen molar-refractivity contribution < 1.29 is 14.9 Å². The highest BCUT2D eigenvalue weighted by molar-refractivity contribution is 6.30. The van der Waals surface area contributed by atoms with Gasteiger partial charge in [-0.1, -0.05) is 24.4 Å². The normalized spacial score (nSPS) is 24.6. The van der Waals surface area contributed by atoms with E-state index in [0.717, 1.165) is 32.1 Å². The largest absolute Gasteiger partial charge is 0.487 e. The van der Waals surface area contributed by atoms with Gasteiger partial charge in [-0.2, -0.15) is 0 Å². The fourth-order valence-corrected chi connectivity index (χ4v) is 2.54. The zero-order valence-electron chi connectivity index (χ0n) is 10.3. The third kappa shape index (κ3) is 3.37. The summed E-state index contributed by atoms with van der Waals surface area (Å²) in [5.41, 5.74) is 0.666. The molecular weight excluding hydrogens is 252 g/mol. The van der Waals surface area contributed by atoms with Crippen molar-refractivity contribution in [2.75, 3.05) is 0 Å². The summed E-state index contributed by atoms with van der Waals surface area (Å²) in [5.74, 6) is 0.618. The molecule has 0 saturated heterocycles.